The third-order valence-corrected chi connectivity index (χ3v) is 3.70. The van der Waals surface area contributed by atoms with E-state index in [1.54, 1.807) is 12.1 Å². The number of hydrogen-bond donors (Lipinski definition) is 3. The smallest absolute Gasteiger partial charge is 0.416 e. The van der Waals surface area contributed by atoms with Gasteiger partial charge in [-0.3, -0.25) is 4.79 Å². The van der Waals surface area contributed by atoms with Crippen molar-refractivity contribution in [3.05, 3.63) is 59.2 Å². The number of benzene rings is 2. The molecule has 0 aliphatic heterocycles. The largest absolute Gasteiger partial charge is 0.491 e. The van der Waals surface area contributed by atoms with E-state index in [0.717, 1.165) is 12.1 Å². The van der Waals surface area contributed by atoms with Crippen LogP contribution in [0.15, 0.2) is 42.5 Å². The third kappa shape index (κ3) is 5.90. The second kappa shape index (κ2) is 9.12. The number of alkyl halides is 3. The van der Waals surface area contributed by atoms with E-state index in [0.29, 0.717) is 18.6 Å². The van der Waals surface area contributed by atoms with Crippen molar-refractivity contribution in [1.29, 1.82) is 0 Å². The topological polar surface area (TPSA) is 93.4 Å². The molecule has 0 aromatic heterocycles. The van der Waals surface area contributed by atoms with Gasteiger partial charge in [0, 0.05) is 12.1 Å². The van der Waals surface area contributed by atoms with E-state index in [4.69, 9.17) is 10.5 Å². The number of rotatable bonds is 7. The molecule has 150 valence electrons. The van der Waals surface area contributed by atoms with Gasteiger partial charge in [0.05, 0.1) is 17.9 Å². The lowest BCUT2D eigenvalue weighted by molar-refractivity contribution is -0.137. The Bertz CT molecular complexity index is 837. The zero-order chi connectivity index (χ0) is 20.7. The van der Waals surface area contributed by atoms with Crippen molar-refractivity contribution in [2.75, 3.05) is 11.9 Å². The van der Waals surface area contributed by atoms with Crippen LogP contribution in [-0.4, -0.2) is 18.5 Å². The molecule has 0 heterocycles. The molecule has 4 N–H and O–H groups in total. The summed E-state index contributed by atoms with van der Waals surface area (Å²) < 4.78 is 44.4. The molecule has 3 amide bonds. The zero-order valence-corrected chi connectivity index (χ0v) is 15.1. The van der Waals surface area contributed by atoms with Crippen molar-refractivity contribution in [3.63, 3.8) is 0 Å². The second-order valence-electron chi connectivity index (χ2n) is 5.93. The molecule has 2 aromatic rings. The molecule has 0 saturated heterocycles. The van der Waals surface area contributed by atoms with Crippen LogP contribution in [-0.2, 0) is 12.7 Å². The Morgan fingerprint density at radius 3 is 2.36 bits per heavy atom. The average molecular weight is 395 g/mol. The summed E-state index contributed by atoms with van der Waals surface area (Å²) >= 11 is 0. The molecule has 0 spiro atoms. The third-order valence-electron chi connectivity index (χ3n) is 3.70. The molecule has 0 atom stereocenters. The minimum atomic E-state index is -4.54. The molecule has 0 unspecified atom stereocenters. The molecule has 0 fully saturated rings. The van der Waals surface area contributed by atoms with Crippen LogP contribution in [0.1, 0.15) is 34.8 Å². The number of anilines is 1. The monoisotopic (exact) mass is 395 g/mol. The number of urea groups is 1. The summed E-state index contributed by atoms with van der Waals surface area (Å²) in [5, 5.41) is 4.88. The van der Waals surface area contributed by atoms with Crippen LogP contribution in [0.3, 0.4) is 0 Å². The molecule has 0 aliphatic carbocycles. The predicted molar refractivity (Wildman–Crippen MR) is 98.0 cm³/mol. The zero-order valence-electron chi connectivity index (χ0n) is 15.1. The molecular formula is C19H20F3N3O3. The highest BCUT2D eigenvalue weighted by Gasteiger charge is 2.31. The van der Waals surface area contributed by atoms with Gasteiger partial charge in [0.25, 0.3) is 5.91 Å². The van der Waals surface area contributed by atoms with Crippen molar-refractivity contribution in [3.8, 4) is 5.75 Å². The van der Waals surface area contributed by atoms with Crippen LogP contribution in [0, 0.1) is 0 Å². The number of nitrogens with one attached hydrogen (secondary N) is 2. The Morgan fingerprint density at radius 2 is 1.79 bits per heavy atom. The number of halogens is 3. The highest BCUT2D eigenvalue weighted by molar-refractivity contribution is 6.05. The van der Waals surface area contributed by atoms with Crippen molar-refractivity contribution >= 4 is 17.6 Å². The first-order valence-electron chi connectivity index (χ1n) is 8.48. The van der Waals surface area contributed by atoms with Gasteiger partial charge in [0.2, 0.25) is 0 Å². The number of carbonyl (C=O) groups excluding carboxylic acids is 2. The average Bonchev–Trinajstić information content (AvgIpc) is 2.64. The van der Waals surface area contributed by atoms with Crippen molar-refractivity contribution in [1.82, 2.24) is 5.32 Å². The summed E-state index contributed by atoms with van der Waals surface area (Å²) in [5.74, 6) is -0.430. The standard InChI is InChI=1S/C19H20F3N3O3/c1-2-9-28-16-8-7-14(19(20,21)22)10-15(16)25-17(26)13-5-3-12(4-6-13)11-24-18(23)27/h3-8,10H,2,9,11H2,1H3,(H,25,26)(H3,23,24,27). The van der Waals surface area contributed by atoms with Gasteiger partial charge < -0.3 is 21.1 Å². The Morgan fingerprint density at radius 1 is 1.11 bits per heavy atom. The molecule has 2 aromatic carbocycles. The fourth-order valence-corrected chi connectivity index (χ4v) is 2.30. The maximum Gasteiger partial charge on any atom is 0.416 e. The Labute approximate surface area is 159 Å². The number of nitrogens with two attached hydrogens (primary N) is 1. The molecule has 6 nitrogen and oxygen atoms in total. The van der Waals surface area contributed by atoms with Gasteiger partial charge in [-0.15, -0.1) is 0 Å². The molecule has 2 rings (SSSR count). The normalized spacial score (nSPS) is 11.0. The molecule has 0 radical (unpaired) electrons. The lowest BCUT2D eigenvalue weighted by Gasteiger charge is -2.15. The van der Waals surface area contributed by atoms with Crippen molar-refractivity contribution in [2.24, 2.45) is 5.73 Å². The summed E-state index contributed by atoms with van der Waals surface area (Å²) in [6.07, 6.45) is -3.88. The summed E-state index contributed by atoms with van der Waals surface area (Å²) in [6, 6.07) is 8.45. The highest BCUT2D eigenvalue weighted by Crippen LogP contribution is 2.35. The van der Waals surface area contributed by atoms with Gasteiger partial charge in [-0.25, -0.2) is 4.79 Å². The van der Waals surface area contributed by atoms with Crippen LogP contribution in [0.5, 0.6) is 5.75 Å². The van der Waals surface area contributed by atoms with E-state index in [-0.39, 0.29) is 23.5 Å². The van der Waals surface area contributed by atoms with E-state index in [1.165, 1.54) is 18.2 Å². The van der Waals surface area contributed by atoms with E-state index >= 15 is 0 Å². The van der Waals surface area contributed by atoms with Gasteiger partial charge in [-0.1, -0.05) is 19.1 Å². The molecule has 0 aliphatic rings. The maximum atomic E-state index is 13.0. The van der Waals surface area contributed by atoms with E-state index < -0.39 is 23.7 Å². The van der Waals surface area contributed by atoms with Gasteiger partial charge in [-0.05, 0) is 42.3 Å². The van der Waals surface area contributed by atoms with Crippen molar-refractivity contribution in [2.45, 2.75) is 26.1 Å². The molecule has 28 heavy (non-hydrogen) atoms. The first-order chi connectivity index (χ1) is 13.2. The van der Waals surface area contributed by atoms with E-state index in [1.807, 2.05) is 6.92 Å². The predicted octanol–water partition coefficient (Wildman–Crippen LogP) is 3.91. The number of carbonyl (C=O) groups is 2. The number of ether oxygens (including phenoxy) is 1. The molecule has 0 bridgehead atoms. The van der Waals surface area contributed by atoms with Gasteiger partial charge in [-0.2, -0.15) is 13.2 Å². The SMILES string of the molecule is CCCOc1ccc(C(F)(F)F)cc1NC(=O)c1ccc(CNC(N)=O)cc1. The highest BCUT2D eigenvalue weighted by atomic mass is 19.4. The molecule has 0 saturated carbocycles. The lowest BCUT2D eigenvalue weighted by Crippen LogP contribution is -2.28. The lowest BCUT2D eigenvalue weighted by atomic mass is 10.1. The minimum Gasteiger partial charge on any atom is -0.491 e. The summed E-state index contributed by atoms with van der Waals surface area (Å²) in [7, 11) is 0. The molecule has 9 heteroatoms. The molecular weight excluding hydrogens is 375 g/mol. The Balaban J connectivity index is 2.20. The summed E-state index contributed by atoms with van der Waals surface area (Å²) in [6.45, 7) is 2.35. The van der Waals surface area contributed by atoms with Crippen LogP contribution in [0.4, 0.5) is 23.7 Å². The summed E-state index contributed by atoms with van der Waals surface area (Å²) in [5.41, 5.74) is 4.99. The van der Waals surface area contributed by atoms with E-state index in [2.05, 4.69) is 10.6 Å². The summed E-state index contributed by atoms with van der Waals surface area (Å²) in [4.78, 5) is 23.2. The van der Waals surface area contributed by atoms with Crippen LogP contribution in [0.2, 0.25) is 0 Å². The fraction of sp³-hybridized carbons (Fsp3) is 0.263. The first kappa shape index (κ1) is 21.1. The maximum absolute atomic E-state index is 13.0. The number of amides is 3. The Hall–Kier alpha value is -3.23. The number of hydrogen-bond acceptors (Lipinski definition) is 3. The van der Waals surface area contributed by atoms with Crippen LogP contribution >= 0.6 is 0 Å². The number of primary amides is 1. The van der Waals surface area contributed by atoms with Crippen molar-refractivity contribution < 1.29 is 27.5 Å². The quantitative estimate of drug-likeness (QED) is 0.663. The van der Waals surface area contributed by atoms with Crippen LogP contribution < -0.4 is 21.1 Å². The second-order valence-corrected chi connectivity index (χ2v) is 5.93. The first-order valence-corrected chi connectivity index (χ1v) is 8.48. The van der Waals surface area contributed by atoms with E-state index in [9.17, 15) is 22.8 Å². The minimum absolute atomic E-state index is 0.0623. The Kier molecular flexibility index (Phi) is 6.86. The van der Waals surface area contributed by atoms with Gasteiger partial charge in [0.15, 0.2) is 0 Å². The fourth-order valence-electron chi connectivity index (χ4n) is 2.30. The van der Waals surface area contributed by atoms with Gasteiger partial charge in [0.1, 0.15) is 5.75 Å². The van der Waals surface area contributed by atoms with Gasteiger partial charge >= 0.3 is 12.2 Å². The van der Waals surface area contributed by atoms with Crippen LogP contribution in [0.25, 0.3) is 0 Å².